The Bertz CT molecular complexity index is 931. The predicted octanol–water partition coefficient (Wildman–Crippen LogP) is 12.4. The van der Waals surface area contributed by atoms with Crippen LogP contribution in [-0.4, -0.2) is 4.57 Å². The van der Waals surface area contributed by atoms with Crippen molar-refractivity contribution in [3.8, 4) is 0 Å². The summed E-state index contributed by atoms with van der Waals surface area (Å²) in [6.45, 7) is 3.41. The number of hydrogen-bond donors (Lipinski definition) is 0. The lowest BCUT2D eigenvalue weighted by Gasteiger charge is -2.08. The molecule has 194 valence electrons. The summed E-state index contributed by atoms with van der Waals surface area (Å²) in [5.41, 5.74) is 2.71. The Labute approximate surface area is 231 Å². The lowest BCUT2D eigenvalue weighted by atomic mass is 10.0. The fourth-order valence-corrected chi connectivity index (χ4v) is 6.18. The molecule has 35 heavy (non-hydrogen) atoms. The van der Waals surface area contributed by atoms with Crippen molar-refractivity contribution in [3.63, 3.8) is 0 Å². The van der Waals surface area contributed by atoms with Gasteiger partial charge in [-0.1, -0.05) is 148 Å². The van der Waals surface area contributed by atoms with Crippen LogP contribution in [0.15, 0.2) is 45.3 Å². The Morgan fingerprint density at radius 1 is 0.486 bits per heavy atom. The van der Waals surface area contributed by atoms with E-state index in [1.54, 1.807) is 0 Å². The minimum absolute atomic E-state index is 1.11. The number of hydrogen-bond acceptors (Lipinski definition) is 0. The van der Waals surface area contributed by atoms with Gasteiger partial charge in [0.2, 0.25) is 0 Å². The molecular formula is C32H47Br2N. The van der Waals surface area contributed by atoms with Gasteiger partial charge < -0.3 is 4.57 Å². The third-order valence-corrected chi connectivity index (χ3v) is 8.51. The summed E-state index contributed by atoms with van der Waals surface area (Å²) in [6, 6.07) is 13.4. The molecule has 0 atom stereocenters. The van der Waals surface area contributed by atoms with Crippen LogP contribution in [0.25, 0.3) is 21.8 Å². The fourth-order valence-electron chi connectivity index (χ4n) is 5.46. The zero-order valence-electron chi connectivity index (χ0n) is 22.1. The number of fused-ring (bicyclic) bond motifs is 3. The van der Waals surface area contributed by atoms with Crippen LogP contribution in [0.5, 0.6) is 0 Å². The van der Waals surface area contributed by atoms with E-state index >= 15 is 0 Å². The molecule has 0 N–H and O–H groups in total. The topological polar surface area (TPSA) is 4.93 Å². The lowest BCUT2D eigenvalue weighted by Crippen LogP contribution is -1.97. The van der Waals surface area contributed by atoms with Gasteiger partial charge in [0.15, 0.2) is 0 Å². The van der Waals surface area contributed by atoms with E-state index in [-0.39, 0.29) is 0 Å². The van der Waals surface area contributed by atoms with Crippen molar-refractivity contribution in [1.29, 1.82) is 0 Å². The molecule has 1 heterocycles. The molecule has 3 aromatic rings. The highest BCUT2D eigenvalue weighted by atomic mass is 79.9. The van der Waals surface area contributed by atoms with E-state index in [2.05, 4.69) is 79.7 Å². The van der Waals surface area contributed by atoms with Crippen molar-refractivity contribution in [3.05, 3.63) is 45.3 Å². The van der Waals surface area contributed by atoms with E-state index in [1.165, 1.54) is 137 Å². The molecule has 1 aromatic heterocycles. The highest BCUT2D eigenvalue weighted by molar-refractivity contribution is 9.10. The van der Waals surface area contributed by atoms with Crippen molar-refractivity contribution in [2.75, 3.05) is 0 Å². The third-order valence-electron chi connectivity index (χ3n) is 7.52. The molecule has 1 nitrogen and oxygen atoms in total. The van der Waals surface area contributed by atoms with Crippen LogP contribution in [-0.2, 0) is 6.54 Å². The third kappa shape index (κ3) is 9.88. The molecule has 2 aromatic carbocycles. The maximum Gasteiger partial charge on any atom is 0.0492 e. The molecule has 3 heteroatoms. The van der Waals surface area contributed by atoms with Crippen molar-refractivity contribution in [2.24, 2.45) is 0 Å². The van der Waals surface area contributed by atoms with E-state index in [9.17, 15) is 0 Å². The summed E-state index contributed by atoms with van der Waals surface area (Å²) < 4.78 is 4.82. The van der Waals surface area contributed by atoms with Crippen molar-refractivity contribution < 1.29 is 0 Å². The molecule has 0 saturated carbocycles. The molecule has 0 saturated heterocycles. The summed E-state index contributed by atoms with van der Waals surface area (Å²) >= 11 is 7.31. The quantitative estimate of drug-likeness (QED) is 0.120. The minimum atomic E-state index is 1.11. The van der Waals surface area contributed by atoms with Crippen molar-refractivity contribution in [1.82, 2.24) is 4.57 Å². The monoisotopic (exact) mass is 603 g/mol. The summed E-state index contributed by atoms with van der Waals surface area (Å²) in [5.74, 6) is 0. The molecular weight excluding hydrogens is 558 g/mol. The number of benzene rings is 2. The van der Waals surface area contributed by atoms with Crippen LogP contribution in [0.1, 0.15) is 122 Å². The SMILES string of the molecule is CCCCCCCCCCCCCCCCCCCCn1c2ccc(Br)cc2c2cc(Br)ccc21. The molecule has 0 bridgehead atoms. The number of rotatable bonds is 19. The zero-order valence-corrected chi connectivity index (χ0v) is 25.3. The van der Waals surface area contributed by atoms with Crippen LogP contribution < -0.4 is 0 Å². The summed E-state index contributed by atoms with van der Waals surface area (Å²) in [6.07, 6.45) is 25.7. The zero-order chi connectivity index (χ0) is 24.7. The van der Waals surface area contributed by atoms with Gasteiger partial charge in [0.25, 0.3) is 0 Å². The number of aryl methyl sites for hydroxylation is 1. The minimum Gasteiger partial charge on any atom is -0.340 e. The Kier molecular flexibility index (Phi) is 13.8. The standard InChI is InChI=1S/C32H47Br2N/c1-2-3-4-5-6-7-8-9-10-11-12-13-14-15-16-17-18-19-24-35-31-22-20-27(33)25-29(31)30-26-28(34)21-23-32(30)35/h20-23,25-26H,2-19,24H2,1H3. The van der Waals surface area contributed by atoms with Gasteiger partial charge in [-0.15, -0.1) is 0 Å². The van der Waals surface area contributed by atoms with Gasteiger partial charge in [-0.2, -0.15) is 0 Å². The summed E-state index contributed by atoms with van der Waals surface area (Å²) in [4.78, 5) is 0. The highest BCUT2D eigenvalue weighted by Gasteiger charge is 2.11. The van der Waals surface area contributed by atoms with Crippen LogP contribution >= 0.6 is 31.9 Å². The van der Waals surface area contributed by atoms with Crippen LogP contribution in [0.3, 0.4) is 0 Å². The van der Waals surface area contributed by atoms with Crippen LogP contribution in [0.4, 0.5) is 0 Å². The molecule has 0 unspecified atom stereocenters. The summed E-state index contributed by atoms with van der Waals surface area (Å²) in [5, 5.41) is 2.69. The first-order chi connectivity index (χ1) is 17.2. The van der Waals surface area contributed by atoms with E-state index in [0.717, 1.165) is 15.5 Å². The van der Waals surface area contributed by atoms with E-state index in [4.69, 9.17) is 0 Å². The molecule has 3 rings (SSSR count). The van der Waals surface area contributed by atoms with Gasteiger partial charge in [0.1, 0.15) is 0 Å². The molecule has 0 amide bonds. The number of aromatic nitrogens is 1. The van der Waals surface area contributed by atoms with Crippen LogP contribution in [0, 0.1) is 0 Å². The van der Waals surface area contributed by atoms with Gasteiger partial charge in [-0.25, -0.2) is 0 Å². The van der Waals surface area contributed by atoms with Crippen LogP contribution in [0.2, 0.25) is 0 Å². The van der Waals surface area contributed by atoms with Gasteiger partial charge in [0.05, 0.1) is 0 Å². The average Bonchev–Trinajstić information content (AvgIpc) is 3.15. The van der Waals surface area contributed by atoms with Gasteiger partial charge in [0, 0.05) is 37.3 Å². The second-order valence-corrected chi connectivity index (χ2v) is 12.3. The molecule has 0 aliphatic carbocycles. The first-order valence-electron chi connectivity index (χ1n) is 14.6. The van der Waals surface area contributed by atoms with E-state index < -0.39 is 0 Å². The van der Waals surface area contributed by atoms with Crippen molar-refractivity contribution in [2.45, 2.75) is 129 Å². The first kappa shape index (κ1) is 28.8. The van der Waals surface area contributed by atoms with Gasteiger partial charge >= 0.3 is 0 Å². The van der Waals surface area contributed by atoms with Gasteiger partial charge in [-0.05, 0) is 42.8 Å². The maximum absolute atomic E-state index is 3.65. The molecule has 0 spiro atoms. The summed E-state index contributed by atoms with van der Waals surface area (Å²) in [7, 11) is 0. The van der Waals surface area contributed by atoms with E-state index in [1.807, 2.05) is 0 Å². The average molecular weight is 606 g/mol. The van der Waals surface area contributed by atoms with Crippen molar-refractivity contribution >= 4 is 53.7 Å². The predicted molar refractivity (Wildman–Crippen MR) is 164 cm³/mol. The largest absolute Gasteiger partial charge is 0.340 e. The fraction of sp³-hybridized carbons (Fsp3) is 0.625. The number of unbranched alkanes of at least 4 members (excludes halogenated alkanes) is 17. The molecule has 0 aliphatic rings. The number of nitrogens with zero attached hydrogens (tertiary/aromatic N) is 1. The highest BCUT2D eigenvalue weighted by Crippen LogP contribution is 2.33. The molecule has 0 aliphatic heterocycles. The molecule has 0 fully saturated rings. The normalized spacial score (nSPS) is 11.7. The Hall–Kier alpha value is -0.800. The van der Waals surface area contributed by atoms with E-state index in [0.29, 0.717) is 0 Å². The smallest absolute Gasteiger partial charge is 0.0492 e. The Balaban J connectivity index is 1.22. The second-order valence-electron chi connectivity index (χ2n) is 10.5. The second kappa shape index (κ2) is 16.8. The Morgan fingerprint density at radius 2 is 0.829 bits per heavy atom. The first-order valence-corrected chi connectivity index (χ1v) is 16.2. The van der Waals surface area contributed by atoms with Gasteiger partial charge in [-0.3, -0.25) is 0 Å². The lowest BCUT2D eigenvalue weighted by molar-refractivity contribution is 0.521. The number of halogens is 2. The maximum atomic E-state index is 3.65. The Morgan fingerprint density at radius 3 is 1.20 bits per heavy atom. The molecule has 0 radical (unpaired) electrons.